The molecule has 0 atom stereocenters. The van der Waals surface area contributed by atoms with Gasteiger partial charge in [-0.05, 0) is 31.5 Å². The fourth-order valence-corrected chi connectivity index (χ4v) is 1.22. The molecule has 0 heterocycles. The van der Waals surface area contributed by atoms with Crippen molar-refractivity contribution >= 4 is 5.78 Å². The van der Waals surface area contributed by atoms with E-state index < -0.39 is 0 Å². The summed E-state index contributed by atoms with van der Waals surface area (Å²) < 4.78 is 4.89. The number of carbonyl (C=O) groups is 1. The van der Waals surface area contributed by atoms with Crippen LogP contribution < -0.4 is 4.74 Å². The van der Waals surface area contributed by atoms with Gasteiger partial charge in [0.05, 0.1) is 7.11 Å². The smallest absolute Gasteiger partial charge is 0.161 e. The predicted molar refractivity (Wildman–Crippen MR) is 49.4 cm³/mol. The Morgan fingerprint density at radius 1 is 1.46 bits per heavy atom. The van der Waals surface area contributed by atoms with E-state index in [1.807, 2.05) is 0 Å². The van der Waals surface area contributed by atoms with Gasteiger partial charge in [0.1, 0.15) is 0 Å². The molecule has 0 unspecified atom stereocenters. The van der Waals surface area contributed by atoms with Crippen molar-refractivity contribution < 1.29 is 14.6 Å². The van der Waals surface area contributed by atoms with E-state index in [9.17, 15) is 9.90 Å². The molecule has 3 heteroatoms. The van der Waals surface area contributed by atoms with Crippen LogP contribution in [0.2, 0.25) is 0 Å². The van der Waals surface area contributed by atoms with Crippen LogP contribution in [-0.4, -0.2) is 18.0 Å². The zero-order chi connectivity index (χ0) is 10.0. The molecule has 0 bridgehead atoms. The van der Waals surface area contributed by atoms with Crippen molar-refractivity contribution in [3.8, 4) is 11.5 Å². The summed E-state index contributed by atoms with van der Waals surface area (Å²) in [5.74, 6) is 0.358. The molecular formula is C10H12O3. The first-order valence-corrected chi connectivity index (χ1v) is 3.94. The van der Waals surface area contributed by atoms with E-state index in [1.54, 1.807) is 13.0 Å². The maximum Gasteiger partial charge on any atom is 0.161 e. The topological polar surface area (TPSA) is 46.5 Å². The summed E-state index contributed by atoms with van der Waals surface area (Å²) >= 11 is 0. The average molecular weight is 180 g/mol. The molecule has 0 aliphatic rings. The van der Waals surface area contributed by atoms with Crippen molar-refractivity contribution in [1.82, 2.24) is 0 Å². The van der Waals surface area contributed by atoms with Crippen molar-refractivity contribution in [3.63, 3.8) is 0 Å². The van der Waals surface area contributed by atoms with E-state index in [2.05, 4.69) is 0 Å². The SMILES string of the molecule is COc1cc(C(C)=O)c(C)cc1O. The van der Waals surface area contributed by atoms with Gasteiger partial charge in [-0.1, -0.05) is 0 Å². The molecule has 13 heavy (non-hydrogen) atoms. The van der Waals surface area contributed by atoms with Gasteiger partial charge in [0.15, 0.2) is 17.3 Å². The van der Waals surface area contributed by atoms with E-state index >= 15 is 0 Å². The molecule has 0 amide bonds. The van der Waals surface area contributed by atoms with Crippen LogP contribution >= 0.6 is 0 Å². The molecule has 1 N–H and O–H groups in total. The number of benzene rings is 1. The fourth-order valence-electron chi connectivity index (χ4n) is 1.22. The molecule has 0 spiro atoms. The number of aromatic hydroxyl groups is 1. The summed E-state index contributed by atoms with van der Waals surface area (Å²) in [6.07, 6.45) is 0. The molecule has 0 saturated heterocycles. The highest BCUT2D eigenvalue weighted by molar-refractivity contribution is 5.96. The van der Waals surface area contributed by atoms with Gasteiger partial charge in [-0.15, -0.1) is 0 Å². The van der Waals surface area contributed by atoms with Gasteiger partial charge in [-0.3, -0.25) is 4.79 Å². The molecule has 1 rings (SSSR count). The highest BCUT2D eigenvalue weighted by Crippen LogP contribution is 2.29. The largest absolute Gasteiger partial charge is 0.504 e. The maximum atomic E-state index is 11.1. The van der Waals surface area contributed by atoms with E-state index in [-0.39, 0.29) is 11.5 Å². The lowest BCUT2D eigenvalue weighted by Crippen LogP contribution is -1.97. The molecule has 3 nitrogen and oxygen atoms in total. The van der Waals surface area contributed by atoms with Gasteiger partial charge < -0.3 is 9.84 Å². The summed E-state index contributed by atoms with van der Waals surface area (Å²) in [5, 5.41) is 9.36. The number of Topliss-reactive ketones (excluding diaryl/α,β-unsaturated/α-hetero) is 1. The van der Waals surface area contributed by atoms with Crippen LogP contribution in [0.4, 0.5) is 0 Å². The van der Waals surface area contributed by atoms with Gasteiger partial charge in [0.25, 0.3) is 0 Å². The second kappa shape index (κ2) is 3.47. The zero-order valence-electron chi connectivity index (χ0n) is 7.92. The van der Waals surface area contributed by atoms with Crippen LogP contribution in [0.3, 0.4) is 0 Å². The van der Waals surface area contributed by atoms with Gasteiger partial charge in [0.2, 0.25) is 0 Å². The molecule has 70 valence electrons. The second-order valence-electron chi connectivity index (χ2n) is 2.90. The number of ketones is 1. The maximum absolute atomic E-state index is 11.1. The lowest BCUT2D eigenvalue weighted by Gasteiger charge is -2.07. The molecule has 1 aromatic carbocycles. The molecule has 0 saturated carbocycles. The van der Waals surface area contributed by atoms with Crippen LogP contribution in [0.1, 0.15) is 22.8 Å². The summed E-state index contributed by atoms with van der Waals surface area (Å²) in [6.45, 7) is 3.26. The second-order valence-corrected chi connectivity index (χ2v) is 2.90. The van der Waals surface area contributed by atoms with Crippen LogP contribution in [-0.2, 0) is 0 Å². The third-order valence-electron chi connectivity index (χ3n) is 1.91. The summed E-state index contributed by atoms with van der Waals surface area (Å²) in [5.41, 5.74) is 1.33. The standard InChI is InChI=1S/C10H12O3/c1-6-4-9(12)10(13-3)5-8(6)7(2)11/h4-5,12H,1-3H3. The Hall–Kier alpha value is -1.51. The lowest BCUT2D eigenvalue weighted by molar-refractivity contribution is 0.101. The first-order valence-electron chi connectivity index (χ1n) is 3.94. The van der Waals surface area contributed by atoms with Crippen molar-refractivity contribution in [2.45, 2.75) is 13.8 Å². The van der Waals surface area contributed by atoms with Crippen LogP contribution in [0.5, 0.6) is 11.5 Å². The van der Waals surface area contributed by atoms with E-state index in [0.717, 1.165) is 5.56 Å². The molecule has 0 aliphatic carbocycles. The minimum atomic E-state index is -0.0317. The van der Waals surface area contributed by atoms with Crippen molar-refractivity contribution in [2.24, 2.45) is 0 Å². The normalized spacial score (nSPS) is 9.77. The molecule has 0 aromatic heterocycles. The number of rotatable bonds is 2. The Bertz CT molecular complexity index is 342. The number of aryl methyl sites for hydroxylation is 1. The molecule has 0 aliphatic heterocycles. The number of hydrogen-bond acceptors (Lipinski definition) is 3. The number of carbonyl (C=O) groups excluding carboxylic acids is 1. The summed E-state index contributed by atoms with van der Waals surface area (Å²) in [7, 11) is 1.45. The minimum Gasteiger partial charge on any atom is -0.504 e. The zero-order valence-corrected chi connectivity index (χ0v) is 7.92. The van der Waals surface area contributed by atoms with Crippen LogP contribution in [0.15, 0.2) is 12.1 Å². The fraction of sp³-hybridized carbons (Fsp3) is 0.300. The Balaban J connectivity index is 3.30. The summed E-state index contributed by atoms with van der Waals surface area (Å²) in [4.78, 5) is 11.1. The molecule has 1 aromatic rings. The Kier molecular flexibility index (Phi) is 2.56. The Labute approximate surface area is 77.0 Å². The van der Waals surface area contributed by atoms with Gasteiger partial charge in [0, 0.05) is 5.56 Å². The average Bonchev–Trinajstić information content (AvgIpc) is 2.03. The van der Waals surface area contributed by atoms with Crippen LogP contribution in [0, 0.1) is 6.92 Å². The minimum absolute atomic E-state index is 0.0317. The van der Waals surface area contributed by atoms with E-state index in [0.29, 0.717) is 11.3 Å². The van der Waals surface area contributed by atoms with Gasteiger partial charge >= 0.3 is 0 Å². The lowest BCUT2D eigenvalue weighted by atomic mass is 10.0. The first kappa shape index (κ1) is 9.58. The van der Waals surface area contributed by atoms with Gasteiger partial charge in [-0.2, -0.15) is 0 Å². The van der Waals surface area contributed by atoms with Crippen molar-refractivity contribution in [3.05, 3.63) is 23.3 Å². The third-order valence-corrected chi connectivity index (χ3v) is 1.91. The number of phenols is 1. The third kappa shape index (κ3) is 1.80. The quantitative estimate of drug-likeness (QED) is 0.707. The summed E-state index contributed by atoms with van der Waals surface area (Å²) in [6, 6.07) is 3.07. The number of ether oxygens (including phenoxy) is 1. The predicted octanol–water partition coefficient (Wildman–Crippen LogP) is 1.91. The number of phenolic OH excluding ortho intramolecular Hbond substituents is 1. The van der Waals surface area contributed by atoms with Crippen molar-refractivity contribution in [1.29, 1.82) is 0 Å². The van der Waals surface area contributed by atoms with Crippen molar-refractivity contribution in [2.75, 3.05) is 7.11 Å². The highest BCUT2D eigenvalue weighted by atomic mass is 16.5. The molecular weight excluding hydrogens is 168 g/mol. The first-order chi connectivity index (χ1) is 6.06. The van der Waals surface area contributed by atoms with E-state index in [4.69, 9.17) is 4.74 Å². The van der Waals surface area contributed by atoms with Crippen LogP contribution in [0.25, 0.3) is 0 Å². The molecule has 0 radical (unpaired) electrons. The Morgan fingerprint density at radius 3 is 2.54 bits per heavy atom. The number of methoxy groups -OCH3 is 1. The van der Waals surface area contributed by atoms with Gasteiger partial charge in [-0.25, -0.2) is 0 Å². The molecule has 0 fully saturated rings. The van der Waals surface area contributed by atoms with E-state index in [1.165, 1.54) is 20.1 Å². The Morgan fingerprint density at radius 2 is 2.08 bits per heavy atom. The number of hydrogen-bond donors (Lipinski definition) is 1. The monoisotopic (exact) mass is 180 g/mol. The highest BCUT2D eigenvalue weighted by Gasteiger charge is 2.09.